The summed E-state index contributed by atoms with van der Waals surface area (Å²) >= 11 is 0. The van der Waals surface area contributed by atoms with Gasteiger partial charge in [0.2, 0.25) is 6.79 Å². The lowest BCUT2D eigenvalue weighted by atomic mass is 10.2. The monoisotopic (exact) mass is 339 g/mol. The molecule has 2 aromatic carbocycles. The lowest BCUT2D eigenvalue weighted by Crippen LogP contribution is -2.23. The third-order valence-electron chi connectivity index (χ3n) is 3.82. The van der Waals surface area contributed by atoms with Crippen molar-refractivity contribution < 1.29 is 13.9 Å². The Bertz CT molecular complexity index is 987. The molecule has 6 nitrogen and oxygen atoms in total. The number of ether oxygens (including phenoxy) is 2. The molecule has 7 heteroatoms. The second-order valence-corrected chi connectivity index (χ2v) is 5.47. The van der Waals surface area contributed by atoms with Crippen LogP contribution in [-0.4, -0.2) is 16.3 Å². The summed E-state index contributed by atoms with van der Waals surface area (Å²) in [5.41, 5.74) is 1.01. The number of benzene rings is 2. The van der Waals surface area contributed by atoms with E-state index < -0.39 is 5.82 Å². The summed E-state index contributed by atoms with van der Waals surface area (Å²) in [6.45, 7) is 0.608. The van der Waals surface area contributed by atoms with Crippen LogP contribution >= 0.6 is 0 Å². The highest BCUT2D eigenvalue weighted by Crippen LogP contribution is 2.32. The molecule has 0 fully saturated rings. The van der Waals surface area contributed by atoms with Crippen LogP contribution in [0.25, 0.3) is 5.69 Å². The fourth-order valence-electron chi connectivity index (χ4n) is 2.60. The van der Waals surface area contributed by atoms with Crippen molar-refractivity contribution in [1.82, 2.24) is 9.55 Å². The Kier molecular flexibility index (Phi) is 3.81. The quantitative estimate of drug-likeness (QED) is 0.792. The molecule has 1 N–H and O–H groups in total. The van der Waals surface area contributed by atoms with Gasteiger partial charge in [0.25, 0.3) is 5.56 Å². The Morgan fingerprint density at radius 2 is 2.04 bits per heavy atom. The van der Waals surface area contributed by atoms with Gasteiger partial charge in [0.15, 0.2) is 17.3 Å². The molecule has 0 radical (unpaired) electrons. The molecule has 1 aliphatic heterocycles. The van der Waals surface area contributed by atoms with E-state index in [2.05, 4.69) is 10.3 Å². The SMILES string of the molecule is O=c1c(NCc2ccc3c(c2)OCO3)nccn1-c1cccc(F)c1. The number of aromatic nitrogens is 2. The van der Waals surface area contributed by atoms with Crippen LogP contribution in [0.3, 0.4) is 0 Å². The minimum Gasteiger partial charge on any atom is -0.454 e. The molecule has 126 valence electrons. The fraction of sp³-hybridized carbons (Fsp3) is 0.111. The number of hydrogen-bond acceptors (Lipinski definition) is 5. The van der Waals surface area contributed by atoms with Crippen molar-refractivity contribution in [2.45, 2.75) is 6.54 Å². The average Bonchev–Trinajstić information content (AvgIpc) is 3.08. The van der Waals surface area contributed by atoms with Crippen LogP contribution in [0.1, 0.15) is 5.56 Å². The predicted molar refractivity (Wildman–Crippen MR) is 89.7 cm³/mol. The van der Waals surface area contributed by atoms with E-state index in [0.29, 0.717) is 23.7 Å². The van der Waals surface area contributed by atoms with E-state index in [4.69, 9.17) is 9.47 Å². The van der Waals surface area contributed by atoms with Crippen LogP contribution in [0.4, 0.5) is 10.2 Å². The van der Waals surface area contributed by atoms with E-state index in [1.54, 1.807) is 12.1 Å². The van der Waals surface area contributed by atoms with Crippen LogP contribution in [-0.2, 0) is 6.54 Å². The number of anilines is 1. The maximum absolute atomic E-state index is 13.4. The van der Waals surface area contributed by atoms with Gasteiger partial charge in [0.05, 0.1) is 5.69 Å². The minimum atomic E-state index is -0.406. The molecule has 25 heavy (non-hydrogen) atoms. The number of hydrogen-bond donors (Lipinski definition) is 1. The summed E-state index contributed by atoms with van der Waals surface area (Å²) in [6.07, 6.45) is 3.00. The first-order chi connectivity index (χ1) is 12.2. The van der Waals surface area contributed by atoms with E-state index in [0.717, 1.165) is 5.56 Å². The van der Waals surface area contributed by atoms with Gasteiger partial charge < -0.3 is 14.8 Å². The third-order valence-corrected chi connectivity index (χ3v) is 3.82. The van der Waals surface area contributed by atoms with Crippen molar-refractivity contribution in [3.63, 3.8) is 0 Å². The molecule has 0 saturated carbocycles. The van der Waals surface area contributed by atoms with Crippen LogP contribution in [0.15, 0.2) is 59.7 Å². The molecular weight excluding hydrogens is 325 g/mol. The predicted octanol–water partition coefficient (Wildman–Crippen LogP) is 2.71. The largest absolute Gasteiger partial charge is 0.454 e. The van der Waals surface area contributed by atoms with Crippen LogP contribution in [0.5, 0.6) is 11.5 Å². The smallest absolute Gasteiger partial charge is 0.297 e. The number of rotatable bonds is 4. The van der Waals surface area contributed by atoms with Crippen molar-refractivity contribution in [1.29, 1.82) is 0 Å². The average molecular weight is 339 g/mol. The molecule has 4 rings (SSSR count). The molecular formula is C18H14FN3O3. The summed E-state index contributed by atoms with van der Waals surface area (Å²) in [5, 5.41) is 3.01. The minimum absolute atomic E-state index is 0.185. The molecule has 0 saturated heterocycles. The number of halogens is 1. The van der Waals surface area contributed by atoms with Crippen molar-refractivity contribution in [2.24, 2.45) is 0 Å². The van der Waals surface area contributed by atoms with Crippen LogP contribution in [0, 0.1) is 5.82 Å². The molecule has 0 amide bonds. The van der Waals surface area contributed by atoms with E-state index in [-0.39, 0.29) is 18.2 Å². The topological polar surface area (TPSA) is 65.4 Å². The molecule has 0 aliphatic carbocycles. The van der Waals surface area contributed by atoms with Gasteiger partial charge in [-0.2, -0.15) is 0 Å². The first kappa shape index (κ1) is 15.2. The molecule has 0 spiro atoms. The molecule has 2 heterocycles. The third kappa shape index (κ3) is 3.03. The maximum atomic E-state index is 13.4. The lowest BCUT2D eigenvalue weighted by molar-refractivity contribution is 0.174. The maximum Gasteiger partial charge on any atom is 0.297 e. The molecule has 3 aromatic rings. The summed E-state index contributed by atoms with van der Waals surface area (Å²) in [4.78, 5) is 16.6. The molecule has 1 aliphatic rings. The van der Waals surface area contributed by atoms with E-state index in [1.807, 2.05) is 18.2 Å². The Balaban J connectivity index is 1.57. The first-order valence-electron chi connectivity index (χ1n) is 7.67. The van der Waals surface area contributed by atoms with Gasteiger partial charge in [0, 0.05) is 18.9 Å². The second-order valence-electron chi connectivity index (χ2n) is 5.47. The summed E-state index contributed by atoms with van der Waals surface area (Å²) < 4.78 is 25.3. The zero-order chi connectivity index (χ0) is 17.2. The highest BCUT2D eigenvalue weighted by atomic mass is 19.1. The molecule has 0 atom stereocenters. The van der Waals surface area contributed by atoms with Gasteiger partial charge >= 0.3 is 0 Å². The summed E-state index contributed by atoms with van der Waals surface area (Å²) in [7, 11) is 0. The summed E-state index contributed by atoms with van der Waals surface area (Å²) in [5.74, 6) is 1.16. The first-order valence-corrected chi connectivity index (χ1v) is 7.67. The molecule has 0 bridgehead atoms. The molecule has 1 aromatic heterocycles. The zero-order valence-corrected chi connectivity index (χ0v) is 13.1. The Hall–Kier alpha value is -3.35. The van der Waals surface area contributed by atoms with Crippen molar-refractivity contribution in [2.75, 3.05) is 12.1 Å². The van der Waals surface area contributed by atoms with Crippen LogP contribution in [0.2, 0.25) is 0 Å². The highest BCUT2D eigenvalue weighted by molar-refractivity contribution is 5.46. The van der Waals surface area contributed by atoms with Gasteiger partial charge in [-0.25, -0.2) is 9.37 Å². The van der Waals surface area contributed by atoms with Gasteiger partial charge in [-0.1, -0.05) is 12.1 Å². The Morgan fingerprint density at radius 1 is 1.16 bits per heavy atom. The van der Waals surface area contributed by atoms with Gasteiger partial charge in [0.1, 0.15) is 5.82 Å². The zero-order valence-electron chi connectivity index (χ0n) is 13.1. The Morgan fingerprint density at radius 3 is 2.92 bits per heavy atom. The second kappa shape index (κ2) is 6.27. The normalized spacial score (nSPS) is 12.2. The fourth-order valence-corrected chi connectivity index (χ4v) is 2.60. The van der Waals surface area contributed by atoms with E-state index >= 15 is 0 Å². The summed E-state index contributed by atoms with van der Waals surface area (Å²) in [6, 6.07) is 11.4. The number of nitrogens with zero attached hydrogens (tertiary/aromatic N) is 2. The van der Waals surface area contributed by atoms with Gasteiger partial charge in [-0.3, -0.25) is 9.36 Å². The van der Waals surface area contributed by atoms with Gasteiger partial charge in [-0.05, 0) is 35.9 Å². The van der Waals surface area contributed by atoms with Crippen molar-refractivity contribution in [3.05, 3.63) is 76.6 Å². The van der Waals surface area contributed by atoms with Crippen molar-refractivity contribution in [3.8, 4) is 17.2 Å². The van der Waals surface area contributed by atoms with E-state index in [1.165, 1.54) is 29.1 Å². The van der Waals surface area contributed by atoms with Crippen LogP contribution < -0.4 is 20.3 Å². The standard InChI is InChI=1S/C18H14FN3O3/c19-13-2-1-3-14(9-13)22-7-6-20-17(18(22)23)21-10-12-4-5-15-16(8-12)25-11-24-15/h1-9H,10-11H2,(H,20,21). The van der Waals surface area contributed by atoms with Gasteiger partial charge in [-0.15, -0.1) is 0 Å². The number of nitrogens with one attached hydrogen (secondary N) is 1. The lowest BCUT2D eigenvalue weighted by Gasteiger charge is -2.09. The number of fused-ring (bicyclic) bond motifs is 1. The highest BCUT2D eigenvalue weighted by Gasteiger charge is 2.13. The Labute approximate surface area is 142 Å². The molecule has 0 unspecified atom stereocenters. The van der Waals surface area contributed by atoms with E-state index in [9.17, 15) is 9.18 Å². The van der Waals surface area contributed by atoms with Crippen molar-refractivity contribution >= 4 is 5.82 Å².